The topological polar surface area (TPSA) is 144 Å². The van der Waals surface area contributed by atoms with Gasteiger partial charge in [-0.2, -0.15) is 5.10 Å². The normalized spacial score (nSPS) is 11.7. The molecule has 2 aromatic heterocycles. The Morgan fingerprint density at radius 2 is 1.67 bits per heavy atom. The van der Waals surface area contributed by atoms with Crippen LogP contribution in [0.4, 0.5) is 5.69 Å². The molecule has 0 aliphatic rings. The van der Waals surface area contributed by atoms with Crippen molar-refractivity contribution >= 4 is 29.1 Å². The molecule has 202 valence electrons. The molecule has 1 unspecified atom stereocenters. The number of nitrogens with one attached hydrogen (secondary N) is 2. The van der Waals surface area contributed by atoms with Crippen molar-refractivity contribution in [3.63, 3.8) is 0 Å². The highest BCUT2D eigenvalue weighted by Crippen LogP contribution is 2.32. The fourth-order valence-corrected chi connectivity index (χ4v) is 4.05. The molecule has 2 aromatic carbocycles. The Hall–Kier alpha value is -4.93. The summed E-state index contributed by atoms with van der Waals surface area (Å²) >= 11 is 0. The minimum absolute atomic E-state index is 0.105. The van der Waals surface area contributed by atoms with E-state index in [4.69, 9.17) is 9.47 Å². The minimum atomic E-state index is -1.09. The summed E-state index contributed by atoms with van der Waals surface area (Å²) in [6.45, 7) is 3.77. The SMILES string of the molecule is COc1ccc(-c2ccnc3cc(C(=O)Nc4ccc(C(=O)NC(CC(C)C)C(=O)O)cc4)nn23)cc1OC. The lowest BCUT2D eigenvalue weighted by Gasteiger charge is -2.16. The summed E-state index contributed by atoms with van der Waals surface area (Å²) in [6.07, 6.45) is 1.95. The highest BCUT2D eigenvalue weighted by molar-refractivity contribution is 6.04. The number of aromatic nitrogens is 3. The molecule has 0 saturated heterocycles. The number of hydrogen-bond donors (Lipinski definition) is 3. The van der Waals surface area contributed by atoms with E-state index in [1.165, 1.54) is 12.1 Å². The van der Waals surface area contributed by atoms with Gasteiger partial charge in [0.25, 0.3) is 11.8 Å². The number of aliphatic carboxylic acids is 1. The molecule has 11 nitrogen and oxygen atoms in total. The second-order valence-electron chi connectivity index (χ2n) is 9.22. The second kappa shape index (κ2) is 11.6. The number of hydrogen-bond acceptors (Lipinski definition) is 7. The molecule has 0 radical (unpaired) electrons. The van der Waals surface area contributed by atoms with Crippen LogP contribution >= 0.6 is 0 Å². The number of carboxylic acid groups (broad SMARTS) is 1. The van der Waals surface area contributed by atoms with Crippen LogP contribution < -0.4 is 20.1 Å². The van der Waals surface area contributed by atoms with Crippen molar-refractivity contribution in [2.45, 2.75) is 26.3 Å². The lowest BCUT2D eigenvalue weighted by atomic mass is 10.0. The van der Waals surface area contributed by atoms with E-state index in [-0.39, 0.29) is 17.2 Å². The van der Waals surface area contributed by atoms with Crippen molar-refractivity contribution in [3.05, 3.63) is 72.1 Å². The molecular weight excluding hydrogens is 502 g/mol. The standard InChI is InChI=1S/C28H29N5O6/c1-16(2)13-21(28(36)37)31-26(34)17-5-8-19(9-6-17)30-27(35)20-15-25-29-12-11-22(33(25)32-20)18-7-10-23(38-3)24(14-18)39-4/h5-12,14-16,21H,13H2,1-4H3,(H,30,35)(H,31,34)(H,36,37). The molecule has 4 rings (SSSR count). The Bertz CT molecular complexity index is 1510. The Labute approximate surface area is 224 Å². The van der Waals surface area contributed by atoms with Gasteiger partial charge >= 0.3 is 5.97 Å². The summed E-state index contributed by atoms with van der Waals surface area (Å²) in [5.41, 5.74) is 2.84. The van der Waals surface area contributed by atoms with Gasteiger partial charge in [-0.15, -0.1) is 0 Å². The van der Waals surface area contributed by atoms with Crippen molar-refractivity contribution in [1.82, 2.24) is 19.9 Å². The molecule has 4 aromatic rings. The maximum atomic E-state index is 13.0. The summed E-state index contributed by atoms with van der Waals surface area (Å²) in [6, 6.07) is 14.0. The molecule has 39 heavy (non-hydrogen) atoms. The van der Waals surface area contributed by atoms with E-state index in [0.717, 1.165) is 5.56 Å². The minimum Gasteiger partial charge on any atom is -0.493 e. The zero-order chi connectivity index (χ0) is 28.1. The van der Waals surface area contributed by atoms with Crippen LogP contribution in [0.25, 0.3) is 16.9 Å². The number of anilines is 1. The van der Waals surface area contributed by atoms with Crippen molar-refractivity contribution in [3.8, 4) is 22.8 Å². The quantitative estimate of drug-likeness (QED) is 0.280. The van der Waals surface area contributed by atoms with Gasteiger partial charge in [-0.05, 0) is 60.9 Å². The second-order valence-corrected chi connectivity index (χ2v) is 9.22. The van der Waals surface area contributed by atoms with E-state index in [9.17, 15) is 19.5 Å². The van der Waals surface area contributed by atoms with Gasteiger partial charge in [0.05, 0.1) is 19.9 Å². The molecule has 0 saturated carbocycles. The van der Waals surface area contributed by atoms with Gasteiger partial charge < -0.3 is 25.2 Å². The van der Waals surface area contributed by atoms with E-state index in [1.54, 1.807) is 55.3 Å². The summed E-state index contributed by atoms with van der Waals surface area (Å²) in [4.78, 5) is 41.3. The van der Waals surface area contributed by atoms with Crippen LogP contribution in [-0.2, 0) is 4.79 Å². The number of benzene rings is 2. The first-order chi connectivity index (χ1) is 18.7. The van der Waals surface area contributed by atoms with E-state index < -0.39 is 23.8 Å². The Balaban J connectivity index is 1.50. The Morgan fingerprint density at radius 1 is 0.949 bits per heavy atom. The van der Waals surface area contributed by atoms with Crippen LogP contribution in [0, 0.1) is 5.92 Å². The highest BCUT2D eigenvalue weighted by atomic mass is 16.5. The Kier molecular flexibility index (Phi) is 8.09. The van der Waals surface area contributed by atoms with Crippen molar-refractivity contribution in [2.75, 3.05) is 19.5 Å². The average molecular weight is 532 g/mol. The van der Waals surface area contributed by atoms with Crippen LogP contribution in [-0.4, -0.2) is 57.7 Å². The molecule has 0 aliphatic heterocycles. The fourth-order valence-electron chi connectivity index (χ4n) is 4.05. The van der Waals surface area contributed by atoms with Gasteiger partial charge in [-0.1, -0.05) is 13.8 Å². The third-order valence-electron chi connectivity index (χ3n) is 5.99. The van der Waals surface area contributed by atoms with Gasteiger partial charge in [0, 0.05) is 29.1 Å². The number of fused-ring (bicyclic) bond motifs is 1. The average Bonchev–Trinajstić information content (AvgIpc) is 3.37. The number of carboxylic acids is 1. The first-order valence-electron chi connectivity index (χ1n) is 12.2. The fraction of sp³-hybridized carbons (Fsp3) is 0.250. The lowest BCUT2D eigenvalue weighted by Crippen LogP contribution is -2.41. The van der Waals surface area contributed by atoms with E-state index >= 15 is 0 Å². The molecule has 2 amide bonds. The zero-order valence-corrected chi connectivity index (χ0v) is 22.0. The summed E-state index contributed by atoms with van der Waals surface area (Å²) < 4.78 is 12.3. The van der Waals surface area contributed by atoms with Crippen molar-refractivity contribution < 1.29 is 29.0 Å². The molecular formula is C28H29N5O6. The smallest absolute Gasteiger partial charge is 0.326 e. The third-order valence-corrected chi connectivity index (χ3v) is 5.99. The number of carbonyl (C=O) groups excluding carboxylic acids is 2. The molecule has 1 atom stereocenters. The maximum Gasteiger partial charge on any atom is 0.326 e. The molecule has 0 bridgehead atoms. The van der Waals surface area contributed by atoms with Gasteiger partial charge in [0.1, 0.15) is 6.04 Å². The molecule has 0 fully saturated rings. The largest absolute Gasteiger partial charge is 0.493 e. The summed E-state index contributed by atoms with van der Waals surface area (Å²) in [7, 11) is 3.12. The number of methoxy groups -OCH3 is 2. The summed E-state index contributed by atoms with van der Waals surface area (Å²) in [5.74, 6) is -0.798. The van der Waals surface area contributed by atoms with E-state index in [1.807, 2.05) is 26.0 Å². The van der Waals surface area contributed by atoms with Gasteiger partial charge in [0.2, 0.25) is 0 Å². The Morgan fingerprint density at radius 3 is 2.31 bits per heavy atom. The first kappa shape index (κ1) is 27.1. The highest BCUT2D eigenvalue weighted by Gasteiger charge is 2.22. The summed E-state index contributed by atoms with van der Waals surface area (Å²) in [5, 5.41) is 19.1. The zero-order valence-electron chi connectivity index (χ0n) is 22.0. The van der Waals surface area contributed by atoms with E-state index in [0.29, 0.717) is 34.9 Å². The molecule has 0 spiro atoms. The predicted molar refractivity (Wildman–Crippen MR) is 144 cm³/mol. The van der Waals surface area contributed by atoms with Crippen LogP contribution in [0.3, 0.4) is 0 Å². The maximum absolute atomic E-state index is 13.0. The predicted octanol–water partition coefficient (Wildman–Crippen LogP) is 3.89. The number of carbonyl (C=O) groups is 3. The first-order valence-corrected chi connectivity index (χ1v) is 12.2. The van der Waals surface area contributed by atoms with Crippen molar-refractivity contribution in [1.29, 1.82) is 0 Å². The van der Waals surface area contributed by atoms with Crippen LogP contribution in [0.2, 0.25) is 0 Å². The van der Waals surface area contributed by atoms with Crippen LogP contribution in [0.5, 0.6) is 11.5 Å². The lowest BCUT2D eigenvalue weighted by molar-refractivity contribution is -0.139. The van der Waals surface area contributed by atoms with Crippen molar-refractivity contribution in [2.24, 2.45) is 5.92 Å². The van der Waals surface area contributed by atoms with Gasteiger partial charge in [0.15, 0.2) is 22.8 Å². The molecule has 2 heterocycles. The molecule has 0 aliphatic carbocycles. The monoisotopic (exact) mass is 531 g/mol. The molecule has 3 N–H and O–H groups in total. The molecule has 11 heteroatoms. The van der Waals surface area contributed by atoms with E-state index in [2.05, 4.69) is 20.7 Å². The number of rotatable bonds is 10. The third kappa shape index (κ3) is 6.15. The van der Waals surface area contributed by atoms with Crippen LogP contribution in [0.15, 0.2) is 60.8 Å². The number of ether oxygens (including phenoxy) is 2. The van der Waals surface area contributed by atoms with Crippen LogP contribution in [0.1, 0.15) is 41.1 Å². The van der Waals surface area contributed by atoms with Gasteiger partial charge in [-0.3, -0.25) is 9.59 Å². The van der Waals surface area contributed by atoms with Gasteiger partial charge in [-0.25, -0.2) is 14.3 Å². The number of amides is 2. The number of nitrogens with zero attached hydrogens (tertiary/aromatic N) is 3.